The van der Waals surface area contributed by atoms with Gasteiger partial charge in [0.05, 0.1) is 5.56 Å². The van der Waals surface area contributed by atoms with Crippen LogP contribution in [-0.2, 0) is 13.1 Å². The Morgan fingerprint density at radius 3 is 2.72 bits per heavy atom. The van der Waals surface area contributed by atoms with Crippen molar-refractivity contribution < 1.29 is 9.90 Å². The number of benzene rings is 1. The van der Waals surface area contributed by atoms with Crippen LogP contribution in [0.5, 0.6) is 0 Å². The number of rotatable bonds is 5. The number of aromatic carboxylic acids is 1. The zero-order valence-corrected chi connectivity index (χ0v) is 11.9. The van der Waals surface area contributed by atoms with E-state index in [9.17, 15) is 4.79 Å². The van der Waals surface area contributed by atoms with E-state index in [0.29, 0.717) is 12.1 Å². The molecule has 0 aliphatic heterocycles. The fourth-order valence-corrected chi connectivity index (χ4v) is 3.11. The van der Waals surface area contributed by atoms with Gasteiger partial charge in [0, 0.05) is 22.4 Å². The number of hydrogen-bond donors (Lipinski definition) is 2. The molecule has 2 rings (SSSR count). The van der Waals surface area contributed by atoms with Gasteiger partial charge in [-0.25, -0.2) is 4.79 Å². The average molecular weight is 326 g/mol. The summed E-state index contributed by atoms with van der Waals surface area (Å²) in [6.45, 7) is 1.28. The second-order valence-electron chi connectivity index (χ2n) is 3.76. The van der Waals surface area contributed by atoms with E-state index < -0.39 is 5.97 Å². The van der Waals surface area contributed by atoms with E-state index in [-0.39, 0.29) is 0 Å². The highest BCUT2D eigenvalue weighted by Gasteiger charge is 2.08. The molecule has 1 aromatic heterocycles. The first-order valence-corrected chi connectivity index (χ1v) is 7.09. The molecule has 0 fully saturated rings. The highest BCUT2D eigenvalue weighted by atomic mass is 79.9. The van der Waals surface area contributed by atoms with Crippen molar-refractivity contribution in [3.05, 3.63) is 56.2 Å². The molecule has 0 unspecified atom stereocenters. The Labute approximate surface area is 118 Å². The molecule has 1 aromatic carbocycles. The predicted molar refractivity (Wildman–Crippen MR) is 76.0 cm³/mol. The first kappa shape index (κ1) is 13.3. The maximum absolute atomic E-state index is 11.0. The number of hydrogen-bond acceptors (Lipinski definition) is 3. The largest absolute Gasteiger partial charge is 0.478 e. The van der Waals surface area contributed by atoms with Crippen molar-refractivity contribution in [1.82, 2.24) is 5.32 Å². The van der Waals surface area contributed by atoms with Crippen molar-refractivity contribution in [3.63, 3.8) is 0 Å². The molecule has 18 heavy (non-hydrogen) atoms. The third kappa shape index (κ3) is 3.19. The summed E-state index contributed by atoms with van der Waals surface area (Å²) in [6.07, 6.45) is 0. The maximum atomic E-state index is 11.0. The molecule has 0 atom stereocenters. The predicted octanol–water partition coefficient (Wildman–Crippen LogP) is 3.50. The van der Waals surface area contributed by atoms with Gasteiger partial charge in [0.25, 0.3) is 0 Å². The minimum absolute atomic E-state index is 0.357. The van der Waals surface area contributed by atoms with E-state index in [4.69, 9.17) is 5.11 Å². The summed E-state index contributed by atoms with van der Waals surface area (Å²) < 4.78 is 1.09. The lowest BCUT2D eigenvalue weighted by Crippen LogP contribution is -2.15. The Hall–Kier alpha value is -1.17. The zero-order valence-electron chi connectivity index (χ0n) is 9.52. The quantitative estimate of drug-likeness (QED) is 0.884. The van der Waals surface area contributed by atoms with Gasteiger partial charge >= 0.3 is 5.97 Å². The molecular formula is C13H12BrNO2S. The van der Waals surface area contributed by atoms with E-state index in [2.05, 4.69) is 21.2 Å². The molecule has 1 heterocycles. The van der Waals surface area contributed by atoms with Crippen LogP contribution in [0.1, 0.15) is 20.8 Å². The van der Waals surface area contributed by atoms with Crippen LogP contribution in [-0.4, -0.2) is 11.1 Å². The summed E-state index contributed by atoms with van der Waals surface area (Å²) in [5, 5.41) is 14.3. The summed E-state index contributed by atoms with van der Waals surface area (Å²) in [7, 11) is 0. The van der Waals surface area contributed by atoms with Gasteiger partial charge in [0.1, 0.15) is 0 Å². The van der Waals surface area contributed by atoms with E-state index in [1.54, 1.807) is 23.5 Å². The molecule has 0 amide bonds. The first-order chi connectivity index (χ1) is 8.68. The molecule has 3 nitrogen and oxygen atoms in total. The number of carbonyl (C=O) groups is 1. The lowest BCUT2D eigenvalue weighted by Gasteiger charge is -2.07. The second-order valence-corrected chi connectivity index (χ2v) is 5.61. The van der Waals surface area contributed by atoms with Gasteiger partial charge in [-0.1, -0.05) is 18.2 Å². The number of halogens is 1. The van der Waals surface area contributed by atoms with Crippen LogP contribution in [0.25, 0.3) is 0 Å². The fourth-order valence-electron chi connectivity index (χ4n) is 1.65. The molecule has 2 N–H and O–H groups in total. The average Bonchev–Trinajstić information content (AvgIpc) is 2.76. The lowest BCUT2D eigenvalue weighted by atomic mass is 10.1. The Morgan fingerprint density at radius 2 is 2.06 bits per heavy atom. The molecule has 0 spiro atoms. The molecule has 0 aliphatic carbocycles. The molecule has 0 saturated heterocycles. The molecule has 0 bridgehead atoms. The monoisotopic (exact) mass is 325 g/mol. The lowest BCUT2D eigenvalue weighted by molar-refractivity contribution is 0.0695. The molecule has 0 radical (unpaired) electrons. The summed E-state index contributed by atoms with van der Waals surface area (Å²) in [6, 6.07) is 9.06. The molecule has 5 heteroatoms. The van der Waals surface area contributed by atoms with Crippen LogP contribution in [0.2, 0.25) is 0 Å². The van der Waals surface area contributed by atoms with Crippen LogP contribution in [0.3, 0.4) is 0 Å². The van der Waals surface area contributed by atoms with Crippen molar-refractivity contribution in [2.45, 2.75) is 13.1 Å². The minimum Gasteiger partial charge on any atom is -0.478 e. The van der Waals surface area contributed by atoms with E-state index >= 15 is 0 Å². The van der Waals surface area contributed by atoms with Gasteiger partial charge in [-0.3, -0.25) is 0 Å². The van der Waals surface area contributed by atoms with Crippen LogP contribution < -0.4 is 5.32 Å². The summed E-state index contributed by atoms with van der Waals surface area (Å²) in [5.41, 5.74) is 1.16. The molecule has 0 saturated carbocycles. The fraction of sp³-hybridized carbons (Fsp3) is 0.154. The molecule has 2 aromatic rings. The first-order valence-electron chi connectivity index (χ1n) is 5.42. The Kier molecular flexibility index (Phi) is 4.52. The van der Waals surface area contributed by atoms with Crippen molar-refractivity contribution in [1.29, 1.82) is 0 Å². The van der Waals surface area contributed by atoms with Gasteiger partial charge in [-0.15, -0.1) is 11.3 Å². The number of nitrogens with one attached hydrogen (secondary N) is 1. The van der Waals surface area contributed by atoms with E-state index in [1.807, 2.05) is 23.6 Å². The third-order valence-electron chi connectivity index (χ3n) is 2.54. The third-order valence-corrected chi connectivity index (χ3v) is 4.47. The van der Waals surface area contributed by atoms with Gasteiger partial charge in [-0.2, -0.15) is 0 Å². The van der Waals surface area contributed by atoms with Crippen LogP contribution in [0.15, 0.2) is 40.2 Å². The second kappa shape index (κ2) is 6.13. The maximum Gasteiger partial charge on any atom is 0.336 e. The van der Waals surface area contributed by atoms with Gasteiger partial charge in [0.15, 0.2) is 0 Å². The minimum atomic E-state index is -0.885. The van der Waals surface area contributed by atoms with Gasteiger partial charge in [-0.05, 0) is 39.0 Å². The van der Waals surface area contributed by atoms with Crippen molar-refractivity contribution >= 4 is 33.2 Å². The standard InChI is InChI=1S/C13H12BrNO2S/c14-11-5-6-18-12(11)8-15-7-9-3-1-2-4-10(9)13(16)17/h1-6,15H,7-8H2,(H,16,17). The Bertz CT molecular complexity index is 553. The summed E-state index contributed by atoms with van der Waals surface area (Å²) in [5.74, 6) is -0.885. The molecule has 94 valence electrons. The summed E-state index contributed by atoms with van der Waals surface area (Å²) >= 11 is 5.14. The number of carboxylic acids is 1. The Balaban J connectivity index is 1.99. The van der Waals surface area contributed by atoms with E-state index in [1.165, 1.54) is 4.88 Å². The number of carboxylic acid groups (broad SMARTS) is 1. The van der Waals surface area contributed by atoms with Crippen molar-refractivity contribution in [2.24, 2.45) is 0 Å². The van der Waals surface area contributed by atoms with Gasteiger partial charge < -0.3 is 10.4 Å². The topological polar surface area (TPSA) is 49.3 Å². The highest BCUT2D eigenvalue weighted by molar-refractivity contribution is 9.10. The summed E-state index contributed by atoms with van der Waals surface area (Å²) in [4.78, 5) is 12.2. The van der Waals surface area contributed by atoms with Crippen LogP contribution >= 0.6 is 27.3 Å². The van der Waals surface area contributed by atoms with Crippen LogP contribution in [0.4, 0.5) is 0 Å². The van der Waals surface area contributed by atoms with Crippen LogP contribution in [0, 0.1) is 0 Å². The Morgan fingerprint density at radius 1 is 1.28 bits per heavy atom. The zero-order chi connectivity index (χ0) is 13.0. The smallest absolute Gasteiger partial charge is 0.336 e. The molecular weight excluding hydrogens is 314 g/mol. The van der Waals surface area contributed by atoms with E-state index in [0.717, 1.165) is 16.6 Å². The van der Waals surface area contributed by atoms with Crippen molar-refractivity contribution in [2.75, 3.05) is 0 Å². The normalized spacial score (nSPS) is 10.5. The molecule has 0 aliphatic rings. The highest BCUT2D eigenvalue weighted by Crippen LogP contribution is 2.22. The number of thiophene rings is 1. The van der Waals surface area contributed by atoms with Gasteiger partial charge in [0.2, 0.25) is 0 Å². The SMILES string of the molecule is O=C(O)c1ccccc1CNCc1sccc1Br. The van der Waals surface area contributed by atoms with Crippen molar-refractivity contribution in [3.8, 4) is 0 Å².